The Morgan fingerprint density at radius 3 is 2.17 bits per heavy atom. The predicted octanol–water partition coefficient (Wildman–Crippen LogP) is 11.7. The quantitative estimate of drug-likeness (QED) is 0.160. The first-order chi connectivity index (χ1) is 23.4. The summed E-state index contributed by atoms with van der Waals surface area (Å²) < 4.78 is 0. The van der Waals surface area contributed by atoms with Gasteiger partial charge in [0.05, 0.1) is 11.4 Å². The molecular weight excluding hydrogens is 581 g/mol. The summed E-state index contributed by atoms with van der Waals surface area (Å²) >= 11 is 0. The maximum absolute atomic E-state index is 5.96. The molecule has 3 aliphatic rings. The molecule has 2 heterocycles. The van der Waals surface area contributed by atoms with Gasteiger partial charge in [0.15, 0.2) is 0 Å². The first-order valence-corrected chi connectivity index (χ1v) is 16.5. The van der Waals surface area contributed by atoms with Gasteiger partial charge in [-0.1, -0.05) is 148 Å². The van der Waals surface area contributed by atoms with Crippen LogP contribution in [0.5, 0.6) is 0 Å². The van der Waals surface area contributed by atoms with Crippen LogP contribution in [-0.4, -0.2) is 0 Å². The van der Waals surface area contributed by atoms with E-state index in [4.69, 9.17) is 5.73 Å². The van der Waals surface area contributed by atoms with Gasteiger partial charge in [-0.15, -0.1) is 0 Å². The van der Waals surface area contributed by atoms with Crippen molar-refractivity contribution in [2.75, 3.05) is 10.6 Å². The van der Waals surface area contributed by atoms with Crippen molar-refractivity contribution in [1.82, 2.24) is 0 Å². The van der Waals surface area contributed by atoms with Gasteiger partial charge in [0.25, 0.3) is 0 Å². The fourth-order valence-electron chi connectivity index (χ4n) is 7.13. The van der Waals surface area contributed by atoms with E-state index >= 15 is 0 Å². The second kappa shape index (κ2) is 12.7. The van der Waals surface area contributed by atoms with E-state index in [2.05, 4.69) is 135 Å². The molecular formula is C46H40N2. The Balaban J connectivity index is 0.000000259. The lowest BCUT2D eigenvalue weighted by atomic mass is 9.70. The first-order valence-electron chi connectivity index (χ1n) is 16.5. The van der Waals surface area contributed by atoms with E-state index in [0.29, 0.717) is 0 Å². The summed E-state index contributed by atoms with van der Waals surface area (Å²) in [6.45, 7) is 12.9. The van der Waals surface area contributed by atoms with Gasteiger partial charge < -0.3 is 10.6 Å². The average molecular weight is 621 g/mol. The van der Waals surface area contributed by atoms with Crippen molar-refractivity contribution in [2.45, 2.75) is 25.7 Å². The molecule has 2 bridgehead atoms. The van der Waals surface area contributed by atoms with Crippen LogP contribution in [0.4, 0.5) is 17.1 Å². The van der Waals surface area contributed by atoms with Crippen molar-refractivity contribution in [3.8, 4) is 11.1 Å². The molecule has 5 aromatic rings. The number of nitrogens with two attached hydrogens (primary N) is 1. The number of hydrogen-bond donors (Lipinski definition) is 1. The molecule has 2 aliphatic heterocycles. The highest BCUT2D eigenvalue weighted by Gasteiger charge is 2.41. The van der Waals surface area contributed by atoms with Gasteiger partial charge in [0.1, 0.15) is 0 Å². The van der Waals surface area contributed by atoms with Crippen LogP contribution in [0, 0.1) is 0 Å². The molecule has 0 atom stereocenters. The number of benzene rings is 5. The zero-order valence-electron chi connectivity index (χ0n) is 27.7. The van der Waals surface area contributed by atoms with Crippen LogP contribution in [-0.2, 0) is 11.8 Å². The minimum atomic E-state index is -0.214. The molecule has 0 saturated carbocycles. The zero-order chi connectivity index (χ0) is 33.3. The number of para-hydroxylation sites is 1. The molecule has 0 saturated heterocycles. The third-order valence-corrected chi connectivity index (χ3v) is 9.61. The molecule has 234 valence electrons. The molecule has 48 heavy (non-hydrogen) atoms. The Labute approximate surface area is 284 Å². The highest BCUT2D eigenvalue weighted by atomic mass is 15.2. The van der Waals surface area contributed by atoms with Crippen molar-refractivity contribution >= 4 is 34.3 Å². The number of anilines is 3. The summed E-state index contributed by atoms with van der Waals surface area (Å²) in [6, 6.07) is 42.8. The number of allylic oxidation sites excluding steroid dienone is 8. The Bertz CT molecular complexity index is 2150. The summed E-state index contributed by atoms with van der Waals surface area (Å²) in [5.41, 5.74) is 22.9. The summed E-state index contributed by atoms with van der Waals surface area (Å²) in [7, 11) is 0. The van der Waals surface area contributed by atoms with Gasteiger partial charge in [-0.25, -0.2) is 0 Å². The number of rotatable bonds is 4. The van der Waals surface area contributed by atoms with Crippen LogP contribution in [0.25, 0.3) is 28.3 Å². The van der Waals surface area contributed by atoms with E-state index in [1.54, 1.807) is 6.08 Å². The summed E-state index contributed by atoms with van der Waals surface area (Å²) in [4.78, 5) is 2.38. The van der Waals surface area contributed by atoms with Crippen molar-refractivity contribution < 1.29 is 0 Å². The lowest BCUT2D eigenvalue weighted by Gasteiger charge is -2.45. The monoisotopic (exact) mass is 620 g/mol. The third-order valence-electron chi connectivity index (χ3n) is 9.61. The SMILES string of the molecule is C=C/C=C\C=C/c1ccccc1.C=C1/C2=C\C3=C(Cc4ccccc43)c3ccccc3N1c1ccc(-c3ccc(N)cc3)cc1C2(C)C. The molecule has 2 heteroatoms. The maximum Gasteiger partial charge on any atom is 0.0537 e. The van der Waals surface area contributed by atoms with Crippen LogP contribution in [0.1, 0.15) is 41.7 Å². The second-order valence-corrected chi connectivity index (χ2v) is 13.0. The van der Waals surface area contributed by atoms with Gasteiger partial charge in [0, 0.05) is 22.4 Å². The van der Waals surface area contributed by atoms with Gasteiger partial charge >= 0.3 is 0 Å². The van der Waals surface area contributed by atoms with Crippen LogP contribution >= 0.6 is 0 Å². The molecule has 0 amide bonds. The van der Waals surface area contributed by atoms with Crippen LogP contribution in [0.3, 0.4) is 0 Å². The average Bonchev–Trinajstić information content (AvgIpc) is 3.47. The van der Waals surface area contributed by atoms with E-state index in [0.717, 1.165) is 17.8 Å². The van der Waals surface area contributed by atoms with Gasteiger partial charge in [-0.3, -0.25) is 0 Å². The Hall–Kier alpha value is -5.86. The van der Waals surface area contributed by atoms with Gasteiger partial charge in [0.2, 0.25) is 0 Å². The fraction of sp³-hybridized carbons (Fsp3) is 0.0870. The van der Waals surface area contributed by atoms with Crippen molar-refractivity contribution in [2.24, 2.45) is 0 Å². The highest BCUT2D eigenvalue weighted by Crippen LogP contribution is 2.55. The molecule has 0 fully saturated rings. The normalized spacial score (nSPS) is 16.5. The Morgan fingerprint density at radius 2 is 1.40 bits per heavy atom. The Morgan fingerprint density at radius 1 is 0.708 bits per heavy atom. The molecule has 2 N–H and O–H groups in total. The predicted molar refractivity (Wildman–Crippen MR) is 207 cm³/mol. The molecule has 0 aromatic heterocycles. The minimum Gasteiger partial charge on any atom is -0.399 e. The number of hydrogen-bond acceptors (Lipinski definition) is 2. The molecule has 0 spiro atoms. The third kappa shape index (κ3) is 5.56. The largest absolute Gasteiger partial charge is 0.399 e. The van der Waals surface area contributed by atoms with Crippen LogP contribution < -0.4 is 10.6 Å². The van der Waals surface area contributed by atoms with Crippen molar-refractivity contribution in [3.63, 3.8) is 0 Å². The van der Waals surface area contributed by atoms with Crippen LogP contribution in [0.2, 0.25) is 0 Å². The zero-order valence-corrected chi connectivity index (χ0v) is 27.7. The highest BCUT2D eigenvalue weighted by molar-refractivity contribution is 6.06. The Kier molecular flexibility index (Phi) is 8.17. The molecule has 0 unspecified atom stereocenters. The molecule has 1 aliphatic carbocycles. The number of nitrogen functional groups attached to an aromatic ring is 1. The van der Waals surface area contributed by atoms with Crippen molar-refractivity contribution in [1.29, 1.82) is 0 Å². The second-order valence-electron chi connectivity index (χ2n) is 13.0. The van der Waals surface area contributed by atoms with E-state index < -0.39 is 0 Å². The fourth-order valence-corrected chi connectivity index (χ4v) is 7.13. The lowest BCUT2D eigenvalue weighted by Crippen LogP contribution is -2.36. The van der Waals surface area contributed by atoms with E-state index in [9.17, 15) is 0 Å². The van der Waals surface area contributed by atoms with E-state index in [-0.39, 0.29) is 5.41 Å². The standard InChI is InChI=1S/C34H28N2.C12H12/c1-21-30-20-29-26-9-5-4-8-24(26)18-28(29)27-10-6-7-11-32(27)36(21)33-17-14-23(19-31(33)34(30,2)3)22-12-15-25(35)16-13-22;1-2-3-4-6-9-12-10-7-5-8-11-12/h4-17,19-20H,1,18,35H2,2-3H3;2-11H,1H2/b30-20+;4-3-,9-6-. The van der Waals surface area contributed by atoms with E-state index in [1.807, 2.05) is 48.6 Å². The molecule has 2 nitrogen and oxygen atoms in total. The van der Waals surface area contributed by atoms with Crippen molar-refractivity contribution in [3.05, 3.63) is 204 Å². The summed E-state index contributed by atoms with van der Waals surface area (Å²) in [5.74, 6) is 0. The molecule has 5 aromatic carbocycles. The number of fused-ring (bicyclic) bond motifs is 9. The minimum absolute atomic E-state index is 0.214. The summed E-state index contributed by atoms with van der Waals surface area (Å²) in [6.07, 6.45) is 13.0. The first kappa shape index (κ1) is 30.8. The molecule has 8 rings (SSSR count). The van der Waals surface area contributed by atoms with E-state index in [1.165, 1.54) is 67.0 Å². The van der Waals surface area contributed by atoms with Gasteiger partial charge in [-0.2, -0.15) is 0 Å². The molecule has 0 radical (unpaired) electrons. The maximum atomic E-state index is 5.96. The summed E-state index contributed by atoms with van der Waals surface area (Å²) in [5, 5.41) is 0. The number of nitrogens with zero attached hydrogens (tertiary/aromatic N) is 1. The smallest absolute Gasteiger partial charge is 0.0537 e. The lowest BCUT2D eigenvalue weighted by molar-refractivity contribution is 0.614. The topological polar surface area (TPSA) is 29.3 Å². The van der Waals surface area contributed by atoms with Gasteiger partial charge in [-0.05, 0) is 92.9 Å². The van der Waals surface area contributed by atoms with Crippen LogP contribution in [0.15, 0.2) is 176 Å².